The normalized spacial score (nSPS) is 14.9. The Balaban J connectivity index is 0.00000168. The van der Waals surface area contributed by atoms with Crippen molar-refractivity contribution in [1.82, 2.24) is 0 Å². The minimum atomic E-state index is 0. The average molecular weight is 635 g/mol. The van der Waals surface area contributed by atoms with Crippen LogP contribution < -0.4 is 43.8 Å². The Labute approximate surface area is 249 Å². The number of unbranched alkanes of at least 4 members (excludes halogenated alkanes) is 3. The first-order valence-corrected chi connectivity index (χ1v) is 13.7. The maximum absolute atomic E-state index is 2.39. The Morgan fingerprint density at radius 2 is 0.684 bits per heavy atom. The topological polar surface area (TPSA) is 8.88 Å². The molecule has 6 rings (SSSR count). The highest BCUT2D eigenvalue weighted by atomic mass is 79.9. The van der Waals surface area contributed by atoms with E-state index in [2.05, 4.69) is 111 Å². The summed E-state index contributed by atoms with van der Waals surface area (Å²) in [5, 5.41) is 0. The first-order chi connectivity index (χ1) is 17.7. The van der Waals surface area contributed by atoms with Gasteiger partial charge in [0.1, 0.15) is 12.1 Å². The monoisotopic (exact) mass is 632 g/mol. The van der Waals surface area contributed by atoms with E-state index in [1.807, 2.05) is 0 Å². The molecule has 4 heteroatoms. The molecule has 198 valence electrons. The molecule has 38 heavy (non-hydrogen) atoms. The van der Waals surface area contributed by atoms with E-state index in [0.29, 0.717) is 12.1 Å². The van der Waals surface area contributed by atoms with Crippen molar-refractivity contribution in [3.8, 4) is 22.3 Å². The molecule has 2 aliphatic rings. The Morgan fingerprint density at radius 3 is 0.974 bits per heavy atom. The van der Waals surface area contributed by atoms with Gasteiger partial charge in [0.2, 0.25) is 0 Å². The zero-order valence-electron chi connectivity index (χ0n) is 22.4. The van der Waals surface area contributed by atoms with Crippen LogP contribution >= 0.6 is 0 Å². The van der Waals surface area contributed by atoms with Crippen LogP contribution in [0.15, 0.2) is 97.1 Å². The zero-order valence-corrected chi connectivity index (χ0v) is 25.6. The van der Waals surface area contributed by atoms with E-state index in [-0.39, 0.29) is 34.0 Å². The van der Waals surface area contributed by atoms with E-state index in [0.717, 1.165) is 0 Å². The number of hydrogen-bond donors (Lipinski definition) is 2. The molecule has 0 saturated carbocycles. The van der Waals surface area contributed by atoms with Gasteiger partial charge in [0.05, 0.1) is 27.2 Å². The van der Waals surface area contributed by atoms with Crippen molar-refractivity contribution >= 4 is 0 Å². The number of hydrogen-bond acceptors (Lipinski definition) is 0. The summed E-state index contributed by atoms with van der Waals surface area (Å²) >= 11 is 0. The Morgan fingerprint density at radius 1 is 0.421 bits per heavy atom. The van der Waals surface area contributed by atoms with Crippen LogP contribution in [0.4, 0.5) is 0 Å². The molecule has 0 radical (unpaired) electrons. The average Bonchev–Trinajstić information content (AvgIpc) is 3.44. The van der Waals surface area contributed by atoms with E-state index in [9.17, 15) is 0 Å². The van der Waals surface area contributed by atoms with Gasteiger partial charge in [-0.05, 0) is 47.9 Å². The van der Waals surface area contributed by atoms with Crippen LogP contribution in [0, 0.1) is 0 Å². The molecule has 4 aromatic rings. The number of nitrogens with one attached hydrogen (secondary N) is 2. The largest absolute Gasteiger partial charge is 1.00 e. The van der Waals surface area contributed by atoms with Crippen LogP contribution in [0.5, 0.6) is 0 Å². The highest BCUT2D eigenvalue weighted by Crippen LogP contribution is 2.42. The van der Waals surface area contributed by atoms with Crippen LogP contribution in [0.3, 0.4) is 0 Å². The second-order valence-corrected chi connectivity index (χ2v) is 10.8. The highest BCUT2D eigenvalue weighted by Gasteiger charge is 2.35. The first kappa shape index (κ1) is 28.8. The molecule has 0 aliphatic heterocycles. The van der Waals surface area contributed by atoms with Crippen LogP contribution in [0.2, 0.25) is 0 Å². The van der Waals surface area contributed by atoms with Gasteiger partial charge in [0.25, 0.3) is 0 Å². The molecule has 0 bridgehead atoms. The van der Waals surface area contributed by atoms with Gasteiger partial charge < -0.3 is 43.8 Å². The summed E-state index contributed by atoms with van der Waals surface area (Å²) in [7, 11) is 4.77. The molecule has 2 aliphatic carbocycles. The van der Waals surface area contributed by atoms with Crippen molar-refractivity contribution < 1.29 is 43.8 Å². The summed E-state index contributed by atoms with van der Waals surface area (Å²) in [6, 6.07) is 36.9. The van der Waals surface area contributed by atoms with Crippen molar-refractivity contribution in [2.45, 2.75) is 37.8 Å². The summed E-state index contributed by atoms with van der Waals surface area (Å²) in [6.07, 6.45) is 5.22. The van der Waals surface area contributed by atoms with Crippen molar-refractivity contribution in [2.24, 2.45) is 0 Å². The zero-order chi connectivity index (χ0) is 24.5. The van der Waals surface area contributed by atoms with Crippen molar-refractivity contribution in [3.05, 3.63) is 119 Å². The summed E-state index contributed by atoms with van der Waals surface area (Å²) in [6.45, 7) is 2.44. The first-order valence-electron chi connectivity index (χ1n) is 13.7. The lowest BCUT2D eigenvalue weighted by Crippen LogP contribution is -3.09. The number of quaternary nitrogens is 2. The van der Waals surface area contributed by atoms with E-state index < -0.39 is 0 Å². The summed E-state index contributed by atoms with van der Waals surface area (Å²) in [4.78, 5) is 3.24. The second-order valence-electron chi connectivity index (χ2n) is 10.8. The minimum absolute atomic E-state index is 0. The molecule has 2 atom stereocenters. The van der Waals surface area contributed by atoms with Gasteiger partial charge in [-0.2, -0.15) is 0 Å². The van der Waals surface area contributed by atoms with Crippen molar-refractivity contribution in [2.75, 3.05) is 27.2 Å². The number of halogens is 2. The van der Waals surface area contributed by atoms with Gasteiger partial charge in [0.15, 0.2) is 0 Å². The van der Waals surface area contributed by atoms with Crippen molar-refractivity contribution in [1.29, 1.82) is 0 Å². The molecule has 0 heterocycles. The van der Waals surface area contributed by atoms with E-state index in [4.69, 9.17) is 0 Å². The quantitative estimate of drug-likeness (QED) is 0.222. The fourth-order valence-corrected chi connectivity index (χ4v) is 6.82. The number of benzene rings is 4. The molecular formula is C34H38Br2N2. The minimum Gasteiger partial charge on any atom is -1.00 e. The van der Waals surface area contributed by atoms with Crippen LogP contribution in [-0.2, 0) is 0 Å². The summed E-state index contributed by atoms with van der Waals surface area (Å²) in [5.74, 6) is 0. The van der Waals surface area contributed by atoms with E-state index in [1.54, 1.807) is 9.80 Å². The van der Waals surface area contributed by atoms with Gasteiger partial charge in [-0.25, -0.2) is 0 Å². The van der Waals surface area contributed by atoms with E-state index >= 15 is 0 Å². The third-order valence-electron chi connectivity index (χ3n) is 8.55. The molecule has 0 aromatic heterocycles. The van der Waals surface area contributed by atoms with Gasteiger partial charge in [-0.15, -0.1) is 0 Å². The summed E-state index contributed by atoms with van der Waals surface area (Å²) < 4.78 is 0. The SMILES string of the molecule is C[NH+](CCCCCC[NH+](C)C1c2ccccc2-c2ccccc21)C1c2ccccc2-c2ccccc21.[Br-].[Br-]. The third kappa shape index (κ3) is 5.29. The number of fused-ring (bicyclic) bond motifs is 6. The molecule has 4 aromatic carbocycles. The lowest BCUT2D eigenvalue weighted by Gasteiger charge is -2.24. The number of rotatable bonds is 9. The molecule has 2 N–H and O–H groups in total. The predicted octanol–water partition coefficient (Wildman–Crippen LogP) is -0.876. The maximum atomic E-state index is 2.39. The Hall–Kier alpha value is -2.24. The van der Waals surface area contributed by atoms with Crippen LogP contribution in [-0.4, -0.2) is 27.2 Å². The molecule has 0 saturated heterocycles. The second kappa shape index (κ2) is 12.7. The summed E-state index contributed by atoms with van der Waals surface area (Å²) in [5.41, 5.74) is 11.7. The molecule has 2 unspecified atom stereocenters. The van der Waals surface area contributed by atoms with Crippen LogP contribution in [0.1, 0.15) is 60.0 Å². The van der Waals surface area contributed by atoms with Gasteiger partial charge >= 0.3 is 0 Å². The third-order valence-corrected chi connectivity index (χ3v) is 8.55. The lowest BCUT2D eigenvalue weighted by atomic mass is 10.0. The molecule has 0 fully saturated rings. The van der Waals surface area contributed by atoms with Gasteiger partial charge in [0, 0.05) is 22.3 Å². The van der Waals surface area contributed by atoms with Gasteiger partial charge in [-0.3, -0.25) is 0 Å². The molecular weight excluding hydrogens is 596 g/mol. The van der Waals surface area contributed by atoms with E-state index in [1.165, 1.54) is 83.3 Å². The molecule has 0 spiro atoms. The fourth-order valence-electron chi connectivity index (χ4n) is 6.82. The highest BCUT2D eigenvalue weighted by molar-refractivity contribution is 5.78. The van der Waals surface area contributed by atoms with Crippen LogP contribution in [0.25, 0.3) is 22.3 Å². The molecule has 0 amide bonds. The van der Waals surface area contributed by atoms with Gasteiger partial charge in [-0.1, -0.05) is 97.1 Å². The Bertz CT molecular complexity index is 1170. The Kier molecular flexibility index (Phi) is 9.64. The lowest BCUT2D eigenvalue weighted by molar-refractivity contribution is -0.906. The fraction of sp³-hybridized carbons (Fsp3) is 0.294. The smallest absolute Gasteiger partial charge is 0.140 e. The van der Waals surface area contributed by atoms with Crippen molar-refractivity contribution in [3.63, 3.8) is 0 Å². The predicted molar refractivity (Wildman–Crippen MR) is 149 cm³/mol. The molecule has 2 nitrogen and oxygen atoms in total. The maximum Gasteiger partial charge on any atom is 0.140 e. The standard InChI is InChI=1S/C34H36N2.2BrH/c1-35(33-29-19-9-5-15-25(29)26-16-6-10-20-30(26)33)23-13-3-4-14-24-36(2)34-31-21-11-7-17-27(31)28-18-8-12-22-32(28)34;;/h5-12,15-22,33-34H,3-4,13-14,23-24H2,1-2H3;2*1H.